The number of hydrogen-bond acceptors (Lipinski definition) is 5. The minimum atomic E-state index is -1.36. The summed E-state index contributed by atoms with van der Waals surface area (Å²) < 4.78 is 23.8. The molecule has 1 saturated heterocycles. The van der Waals surface area contributed by atoms with Crippen LogP contribution in [0.3, 0.4) is 0 Å². The van der Waals surface area contributed by atoms with Gasteiger partial charge in [-0.1, -0.05) is 18.2 Å². The van der Waals surface area contributed by atoms with E-state index in [0.717, 1.165) is 10.5 Å². The molecule has 2 aliphatic rings. The standard InChI is InChI=1S/C21H20FN3O5/c1-21(14-4-6-15(22)7-5-14)19(27)25(20(28)23-21)11-18(26)24(2)10-13-3-8-16-17(9-13)30-12-29-16/h3-9H,10-12H2,1-2H3,(H,23,28). The van der Waals surface area contributed by atoms with E-state index in [1.54, 1.807) is 19.2 Å². The largest absolute Gasteiger partial charge is 0.454 e. The first kappa shape index (κ1) is 19.7. The number of halogens is 1. The van der Waals surface area contributed by atoms with E-state index in [4.69, 9.17) is 9.47 Å². The SMILES string of the molecule is CN(Cc1ccc2c(c1)OCO2)C(=O)CN1C(=O)NC(C)(c2ccc(F)cc2)C1=O. The first-order chi connectivity index (χ1) is 14.3. The number of imide groups is 1. The Morgan fingerprint density at radius 1 is 1.17 bits per heavy atom. The Labute approximate surface area is 172 Å². The number of carbonyl (C=O) groups is 3. The highest BCUT2D eigenvalue weighted by Crippen LogP contribution is 2.33. The molecule has 0 radical (unpaired) electrons. The van der Waals surface area contributed by atoms with Gasteiger partial charge in [-0.3, -0.25) is 14.5 Å². The number of carbonyl (C=O) groups excluding carboxylic acids is 3. The zero-order valence-corrected chi connectivity index (χ0v) is 16.5. The Balaban J connectivity index is 1.44. The van der Waals surface area contributed by atoms with Gasteiger partial charge in [0.05, 0.1) is 0 Å². The number of urea groups is 1. The molecule has 4 rings (SSSR count). The third-order valence-corrected chi connectivity index (χ3v) is 5.27. The van der Waals surface area contributed by atoms with Crippen LogP contribution in [0.4, 0.5) is 9.18 Å². The van der Waals surface area contributed by atoms with Crippen LogP contribution in [0, 0.1) is 5.82 Å². The van der Waals surface area contributed by atoms with Gasteiger partial charge >= 0.3 is 6.03 Å². The molecule has 30 heavy (non-hydrogen) atoms. The molecule has 1 fully saturated rings. The normalized spacial score (nSPS) is 19.8. The molecule has 2 heterocycles. The summed E-state index contributed by atoms with van der Waals surface area (Å²) in [4.78, 5) is 40.3. The van der Waals surface area contributed by atoms with E-state index in [0.29, 0.717) is 17.1 Å². The van der Waals surface area contributed by atoms with Gasteiger partial charge in [0, 0.05) is 13.6 Å². The minimum Gasteiger partial charge on any atom is -0.454 e. The molecule has 156 valence electrons. The summed E-state index contributed by atoms with van der Waals surface area (Å²) in [7, 11) is 1.59. The van der Waals surface area contributed by atoms with Crippen LogP contribution in [-0.4, -0.2) is 48.0 Å². The zero-order chi connectivity index (χ0) is 21.5. The second-order valence-corrected chi connectivity index (χ2v) is 7.39. The molecular formula is C21H20FN3O5. The van der Waals surface area contributed by atoms with Crippen LogP contribution in [0.15, 0.2) is 42.5 Å². The van der Waals surface area contributed by atoms with Crippen molar-refractivity contribution in [2.75, 3.05) is 20.4 Å². The van der Waals surface area contributed by atoms with Crippen molar-refractivity contribution in [3.63, 3.8) is 0 Å². The molecule has 1 unspecified atom stereocenters. The first-order valence-corrected chi connectivity index (χ1v) is 9.30. The molecule has 0 aromatic heterocycles. The third-order valence-electron chi connectivity index (χ3n) is 5.27. The van der Waals surface area contributed by atoms with Gasteiger partial charge in [0.25, 0.3) is 5.91 Å². The van der Waals surface area contributed by atoms with Gasteiger partial charge in [0.15, 0.2) is 11.5 Å². The number of hydrogen-bond donors (Lipinski definition) is 1. The summed E-state index contributed by atoms with van der Waals surface area (Å²) in [5.74, 6) is -0.163. The van der Waals surface area contributed by atoms with E-state index in [-0.39, 0.29) is 13.3 Å². The van der Waals surface area contributed by atoms with Gasteiger partial charge < -0.3 is 19.7 Å². The van der Waals surface area contributed by atoms with Crippen molar-refractivity contribution in [2.24, 2.45) is 0 Å². The van der Waals surface area contributed by atoms with Crippen molar-refractivity contribution in [1.82, 2.24) is 15.1 Å². The lowest BCUT2D eigenvalue weighted by molar-refractivity contribution is -0.138. The van der Waals surface area contributed by atoms with Crippen molar-refractivity contribution in [3.05, 3.63) is 59.4 Å². The predicted octanol–water partition coefficient (Wildman–Crippen LogP) is 1.98. The second kappa shape index (κ2) is 7.33. The fraction of sp³-hybridized carbons (Fsp3) is 0.286. The Morgan fingerprint density at radius 2 is 1.87 bits per heavy atom. The van der Waals surface area contributed by atoms with Crippen molar-refractivity contribution in [2.45, 2.75) is 19.0 Å². The van der Waals surface area contributed by atoms with Crippen LogP contribution in [-0.2, 0) is 21.7 Å². The summed E-state index contributed by atoms with van der Waals surface area (Å²) in [5, 5.41) is 2.60. The van der Waals surface area contributed by atoms with Gasteiger partial charge in [-0.05, 0) is 42.3 Å². The fourth-order valence-corrected chi connectivity index (χ4v) is 3.48. The number of likely N-dealkylation sites (N-methyl/N-ethyl adjacent to an activating group) is 1. The van der Waals surface area contributed by atoms with Gasteiger partial charge in [-0.25, -0.2) is 9.18 Å². The first-order valence-electron chi connectivity index (χ1n) is 9.30. The monoisotopic (exact) mass is 413 g/mol. The van der Waals surface area contributed by atoms with Crippen molar-refractivity contribution >= 4 is 17.8 Å². The predicted molar refractivity (Wildman–Crippen MR) is 103 cm³/mol. The lowest BCUT2D eigenvalue weighted by atomic mass is 9.92. The maximum absolute atomic E-state index is 13.2. The highest BCUT2D eigenvalue weighted by Gasteiger charge is 2.49. The van der Waals surface area contributed by atoms with E-state index in [1.165, 1.54) is 36.1 Å². The van der Waals surface area contributed by atoms with E-state index < -0.39 is 35.7 Å². The number of benzene rings is 2. The van der Waals surface area contributed by atoms with Crippen LogP contribution in [0.1, 0.15) is 18.1 Å². The summed E-state index contributed by atoms with van der Waals surface area (Å²) in [6, 6.07) is 10.00. The molecule has 0 saturated carbocycles. The average molecular weight is 413 g/mol. The molecule has 2 aromatic rings. The number of amides is 4. The molecule has 8 nitrogen and oxygen atoms in total. The Hall–Kier alpha value is -3.62. The number of ether oxygens (including phenoxy) is 2. The van der Waals surface area contributed by atoms with Crippen LogP contribution in [0.25, 0.3) is 0 Å². The molecular weight excluding hydrogens is 393 g/mol. The van der Waals surface area contributed by atoms with Gasteiger partial charge in [-0.2, -0.15) is 0 Å². The quantitative estimate of drug-likeness (QED) is 0.758. The zero-order valence-electron chi connectivity index (χ0n) is 16.5. The van der Waals surface area contributed by atoms with Gasteiger partial charge in [0.2, 0.25) is 12.7 Å². The van der Waals surface area contributed by atoms with E-state index in [2.05, 4.69) is 5.32 Å². The third kappa shape index (κ3) is 3.42. The number of rotatable bonds is 5. The molecule has 0 bridgehead atoms. The molecule has 2 aromatic carbocycles. The highest BCUT2D eigenvalue weighted by molar-refractivity contribution is 6.09. The number of nitrogens with one attached hydrogen (secondary N) is 1. The van der Waals surface area contributed by atoms with Crippen molar-refractivity contribution in [3.8, 4) is 11.5 Å². The molecule has 9 heteroatoms. The molecule has 1 N–H and O–H groups in total. The lowest BCUT2D eigenvalue weighted by Gasteiger charge is -2.23. The fourth-order valence-electron chi connectivity index (χ4n) is 3.48. The molecule has 2 aliphatic heterocycles. The number of nitrogens with zero attached hydrogens (tertiary/aromatic N) is 2. The molecule has 1 atom stereocenters. The van der Waals surface area contributed by atoms with Crippen LogP contribution in [0.2, 0.25) is 0 Å². The van der Waals surface area contributed by atoms with Crippen LogP contribution in [0.5, 0.6) is 11.5 Å². The Kier molecular flexibility index (Phi) is 4.81. The van der Waals surface area contributed by atoms with Gasteiger partial charge in [-0.15, -0.1) is 0 Å². The lowest BCUT2D eigenvalue weighted by Crippen LogP contribution is -2.43. The summed E-state index contributed by atoms with van der Waals surface area (Å²) >= 11 is 0. The summed E-state index contributed by atoms with van der Waals surface area (Å²) in [5.41, 5.74) is -0.101. The summed E-state index contributed by atoms with van der Waals surface area (Å²) in [6.45, 7) is 1.56. The summed E-state index contributed by atoms with van der Waals surface area (Å²) in [6.07, 6.45) is 0. The smallest absolute Gasteiger partial charge is 0.325 e. The highest BCUT2D eigenvalue weighted by atomic mass is 19.1. The molecule has 0 spiro atoms. The second-order valence-electron chi connectivity index (χ2n) is 7.39. The van der Waals surface area contributed by atoms with Crippen molar-refractivity contribution < 1.29 is 28.2 Å². The Morgan fingerprint density at radius 3 is 2.60 bits per heavy atom. The van der Waals surface area contributed by atoms with E-state index in [1.807, 2.05) is 6.07 Å². The molecule has 4 amide bonds. The topological polar surface area (TPSA) is 88.2 Å². The maximum Gasteiger partial charge on any atom is 0.325 e. The van der Waals surface area contributed by atoms with Crippen LogP contribution >= 0.6 is 0 Å². The van der Waals surface area contributed by atoms with E-state index >= 15 is 0 Å². The molecule has 0 aliphatic carbocycles. The van der Waals surface area contributed by atoms with Crippen molar-refractivity contribution in [1.29, 1.82) is 0 Å². The van der Waals surface area contributed by atoms with E-state index in [9.17, 15) is 18.8 Å². The van der Waals surface area contributed by atoms with Crippen LogP contribution < -0.4 is 14.8 Å². The van der Waals surface area contributed by atoms with Gasteiger partial charge in [0.1, 0.15) is 17.9 Å². The average Bonchev–Trinajstić information content (AvgIpc) is 3.26. The number of fused-ring (bicyclic) bond motifs is 1. The maximum atomic E-state index is 13.2. The Bertz CT molecular complexity index is 1030. The minimum absolute atomic E-state index is 0.159.